The number of aliphatic hydroxyl groups excluding tert-OH is 2. The van der Waals surface area contributed by atoms with E-state index in [0.29, 0.717) is 113 Å². The average molecular weight is 1490 g/mol. The van der Waals surface area contributed by atoms with E-state index in [4.69, 9.17) is 0 Å². The van der Waals surface area contributed by atoms with Crippen LogP contribution < -0.4 is 0 Å². The largest absolute Gasteiger partial charge is 2.00 e. The van der Waals surface area contributed by atoms with Crippen LogP contribution in [0, 0.1) is 67.1 Å². The van der Waals surface area contributed by atoms with Crippen molar-refractivity contribution in [3.63, 3.8) is 0 Å². The third-order valence-electron chi connectivity index (χ3n) is 17.4. The summed E-state index contributed by atoms with van der Waals surface area (Å²) in [7, 11) is 0. The van der Waals surface area contributed by atoms with E-state index in [1.165, 1.54) is 44.1 Å². The summed E-state index contributed by atoms with van der Waals surface area (Å²) in [6, 6.07) is 7.56. The van der Waals surface area contributed by atoms with E-state index >= 15 is 0 Å². The van der Waals surface area contributed by atoms with Crippen molar-refractivity contribution in [1.82, 2.24) is 0 Å². The number of nitrogens with zero attached hydrogens (tertiary/aromatic N) is 14. The Morgan fingerprint density at radius 2 is 0.713 bits per heavy atom. The SMILES string of the molecule is C(=CC1CC[N-]CC1)C1CC[N-]CC1.C1=CC(C=CC2CC[N-]CC2)=CC[N-]1.CC1CC2C=NCCN=CC3CC(C)CC(C=NCC[N-]CCN=CC(C1)C2O)C3O.Cc1cc2c(O)c(c1)C=NCC[N-]CCN=Cc1cc(C)cc(c1O)C=NCCN=C2.[Cu+2].[Cu+2].[Zn].[Zn]. The zero-order chi connectivity index (χ0) is 63.4. The van der Waals surface area contributed by atoms with E-state index in [9.17, 15) is 20.4 Å². The van der Waals surface area contributed by atoms with E-state index in [1.54, 1.807) is 24.9 Å². The predicted molar refractivity (Wildman–Crippen MR) is 379 cm³/mol. The van der Waals surface area contributed by atoms with Crippen molar-refractivity contribution >= 4 is 49.7 Å². The molecule has 3 saturated heterocycles. The van der Waals surface area contributed by atoms with E-state index in [0.717, 1.165) is 100 Å². The maximum atomic E-state index is 10.8. The van der Waals surface area contributed by atoms with Crippen LogP contribution in [0.25, 0.3) is 31.9 Å². The minimum Gasteiger partial charge on any atom is -0.687 e. The van der Waals surface area contributed by atoms with Crippen molar-refractivity contribution in [1.29, 1.82) is 0 Å². The van der Waals surface area contributed by atoms with Crippen LogP contribution >= 0.6 is 0 Å². The molecule has 2 aromatic rings. The zero-order valence-corrected chi connectivity index (χ0v) is 64.2. The van der Waals surface area contributed by atoms with E-state index in [1.807, 2.05) is 69.2 Å². The Morgan fingerprint density at radius 1 is 0.415 bits per heavy atom. The second-order valence-electron chi connectivity index (χ2n) is 25.2. The normalized spacial score (nSPS) is 26.2. The molecule has 0 amide bonds. The molecule has 22 heteroatoms. The van der Waals surface area contributed by atoms with Gasteiger partial charge in [0.05, 0.1) is 38.4 Å². The number of aryl methyl sites for hydroxylation is 2. The average Bonchev–Trinajstić information content (AvgIpc) is 0.955. The van der Waals surface area contributed by atoms with E-state index in [2.05, 4.69) is 122 Å². The van der Waals surface area contributed by atoms with Gasteiger partial charge in [-0.15, -0.1) is 72.0 Å². The molecule has 94 heavy (non-hydrogen) atoms. The van der Waals surface area contributed by atoms with E-state index in [-0.39, 0.29) is 108 Å². The summed E-state index contributed by atoms with van der Waals surface area (Å²) >= 11 is 0. The van der Waals surface area contributed by atoms with Crippen molar-refractivity contribution in [3.8, 4) is 11.5 Å². The summed E-state index contributed by atoms with van der Waals surface area (Å²) in [4.78, 5) is 35.7. The van der Waals surface area contributed by atoms with Crippen LogP contribution in [0.15, 0.2) is 112 Å². The first-order chi connectivity index (χ1) is 44.0. The van der Waals surface area contributed by atoms with Crippen LogP contribution in [0.2, 0.25) is 0 Å². The maximum Gasteiger partial charge on any atom is 2.00 e. The van der Waals surface area contributed by atoms with Crippen LogP contribution in [0.3, 0.4) is 0 Å². The Morgan fingerprint density at radius 3 is 1.05 bits per heavy atom. The number of benzene rings is 2. The smallest absolute Gasteiger partial charge is 0.687 e. The van der Waals surface area contributed by atoms with Crippen molar-refractivity contribution in [2.24, 2.45) is 93.2 Å². The zero-order valence-electron chi connectivity index (χ0n) is 56.4. The van der Waals surface area contributed by atoms with Crippen LogP contribution in [0.1, 0.15) is 111 Å². The summed E-state index contributed by atoms with van der Waals surface area (Å²) in [6.07, 6.45) is 40.5. The van der Waals surface area contributed by atoms with Crippen molar-refractivity contribution in [2.45, 2.75) is 104 Å². The quantitative estimate of drug-likeness (QED) is 0.172. The van der Waals surface area contributed by atoms with Crippen molar-refractivity contribution in [2.75, 3.05) is 124 Å². The number of allylic oxidation sites excluding steroid dienone is 6. The Hall–Kier alpha value is -3.83. The number of piperidine rings is 3. The molecule has 8 aliphatic rings. The van der Waals surface area contributed by atoms with Gasteiger partial charge in [0.2, 0.25) is 0 Å². The molecule has 2 aliphatic carbocycles. The molecule has 0 aromatic heterocycles. The topological polar surface area (TPSA) is 264 Å². The van der Waals surface area contributed by atoms with Crippen LogP contribution in [-0.2, 0) is 73.1 Å². The first-order valence-electron chi connectivity index (χ1n) is 33.6. The fourth-order valence-electron chi connectivity index (χ4n) is 12.4. The number of aromatic hydroxyl groups is 2. The fourth-order valence-corrected chi connectivity index (χ4v) is 12.4. The molecule has 4 N–H and O–H groups in total. The Bertz CT molecular complexity index is 2660. The van der Waals surface area contributed by atoms with Gasteiger partial charge in [0.15, 0.2) is 0 Å². The fraction of sp³-hybridized carbons (Fsp3) is 0.611. The maximum absolute atomic E-state index is 10.8. The second kappa shape index (κ2) is 49.6. The van der Waals surface area contributed by atoms with Crippen LogP contribution in [-0.4, -0.2) is 207 Å². The third-order valence-corrected chi connectivity index (χ3v) is 17.4. The molecule has 5 fully saturated rings. The van der Waals surface area contributed by atoms with Crippen molar-refractivity contribution in [3.05, 3.63) is 138 Å². The van der Waals surface area contributed by atoms with Gasteiger partial charge < -0.3 is 52.3 Å². The van der Waals surface area contributed by atoms with Gasteiger partial charge in [-0.2, -0.15) is 6.20 Å². The number of aliphatic imine (C=N–C) groups is 8. The Labute approximate surface area is 609 Å². The minimum absolute atomic E-state index is 0. The van der Waals surface area contributed by atoms with Gasteiger partial charge in [-0.1, -0.05) is 88.8 Å². The van der Waals surface area contributed by atoms with Gasteiger partial charge >= 0.3 is 34.1 Å². The van der Waals surface area contributed by atoms with Gasteiger partial charge in [0, 0.05) is 161 Å². The molecule has 2 radical (unpaired) electrons. The van der Waals surface area contributed by atoms with Crippen LogP contribution in [0.4, 0.5) is 0 Å². The predicted octanol–water partition coefficient (Wildman–Crippen LogP) is 12.4. The summed E-state index contributed by atoms with van der Waals surface area (Å²) in [5.74, 6) is 4.08. The second-order valence-corrected chi connectivity index (χ2v) is 25.2. The van der Waals surface area contributed by atoms with Crippen LogP contribution in [0.5, 0.6) is 11.5 Å². The van der Waals surface area contributed by atoms with Gasteiger partial charge in [-0.25, -0.2) is 0 Å². The van der Waals surface area contributed by atoms with Gasteiger partial charge in [-0.3, -0.25) is 39.9 Å². The summed E-state index contributed by atoms with van der Waals surface area (Å²) in [5.41, 5.74) is 5.97. The molecule has 8 bridgehead atoms. The molecule has 8 atom stereocenters. The van der Waals surface area contributed by atoms with Gasteiger partial charge in [-0.05, 0) is 110 Å². The Kier molecular flexibility index (Phi) is 44.6. The number of phenolic OH excluding ortho intramolecular Hbond substituents is 2. The molecule has 18 nitrogen and oxygen atoms in total. The third kappa shape index (κ3) is 32.2. The number of aliphatic hydroxyl groups is 2. The molecule has 514 valence electrons. The monoisotopic (exact) mass is 1480 g/mol. The molecule has 6 heterocycles. The number of rotatable bonds is 4. The molecule has 10 rings (SSSR count). The number of hydrogen-bond acceptors (Lipinski definition) is 12. The molecule has 8 unspecified atom stereocenters. The molecule has 6 aliphatic heterocycles. The molecule has 2 aromatic carbocycles. The summed E-state index contributed by atoms with van der Waals surface area (Å²) in [6.45, 7) is 22.7. The molecular formula is C72H104Cu2N14O4Zn2-2. The first-order valence-corrected chi connectivity index (χ1v) is 33.6. The number of fused-ring (bicyclic) bond motifs is 8. The molecular weight excluding hydrogens is 1380 g/mol. The Balaban J connectivity index is 0.000000341. The summed E-state index contributed by atoms with van der Waals surface area (Å²) < 4.78 is 0. The van der Waals surface area contributed by atoms with E-state index < -0.39 is 12.2 Å². The standard InChI is InChI=1S/C24H40N5O2.C24H28N5O2.C12H20N2.C12H16N2.2Cu.2Zn/c2*1-17-9-19-13-26-5-3-25-4-6-27-14-20-10-18(2)12-22(24(20)31)16-29-8-7-28-15-21(11-17)23(19)30;2*1(11-3-7-13-8-4-11)2-12-5-9-14-10-6-12;;;;/h13-24,30-31H,3-12H2,1-2H3;9-16,30-31H,3-8H2,1-2H3;1-2,11-12H,3-10H2;1-4,7,12H,5-6,8-10H2;;;;/q2*-1;2*-2;2*+2;;. The molecule has 0 spiro atoms. The first kappa shape index (κ1) is 84.4. The minimum atomic E-state index is -0.427. The molecule has 2 saturated carbocycles. The summed E-state index contributed by atoms with van der Waals surface area (Å²) in [5, 5.41) is 68.7. The van der Waals surface area contributed by atoms with Crippen molar-refractivity contribution < 1.29 is 93.5 Å². The number of hydrogen-bond donors (Lipinski definition) is 4. The number of phenols is 2. The van der Waals surface area contributed by atoms with Gasteiger partial charge in [0.25, 0.3) is 0 Å². The van der Waals surface area contributed by atoms with Gasteiger partial charge in [0.1, 0.15) is 11.5 Å².